The number of hydrogen-bond donors (Lipinski definition) is 2. The van der Waals surface area contributed by atoms with Crippen LogP contribution in [0.15, 0.2) is 58.4 Å². The molecule has 0 atom stereocenters. The van der Waals surface area contributed by atoms with Gasteiger partial charge in [-0.05, 0) is 49.1 Å². The minimum absolute atomic E-state index is 0.00379. The molecule has 1 amide bonds. The molecule has 3 rings (SSSR count). The summed E-state index contributed by atoms with van der Waals surface area (Å²) in [4.78, 5) is 16.5. The lowest BCUT2D eigenvalue weighted by atomic mass is 10.1. The normalized spacial score (nSPS) is 15.7. The minimum Gasteiger partial charge on any atom is -0.356 e. The third-order valence-electron chi connectivity index (χ3n) is 4.64. The summed E-state index contributed by atoms with van der Waals surface area (Å²) in [6.45, 7) is 1.02. The summed E-state index contributed by atoms with van der Waals surface area (Å²) >= 11 is 0. The Balaban J connectivity index is 1.32. The molecule has 1 aliphatic heterocycles. The molecule has 0 aromatic heterocycles. The van der Waals surface area contributed by atoms with Crippen molar-refractivity contribution in [1.29, 1.82) is 0 Å². The summed E-state index contributed by atoms with van der Waals surface area (Å²) in [7, 11) is -3.50. The van der Waals surface area contributed by atoms with Crippen LogP contribution in [0.4, 0.5) is 4.39 Å². The van der Waals surface area contributed by atoms with Crippen molar-refractivity contribution < 1.29 is 17.6 Å². The Morgan fingerprint density at radius 3 is 2.59 bits per heavy atom. The number of unbranched alkanes of at least 4 members (excludes halogenated alkanes) is 2. The Morgan fingerprint density at radius 2 is 1.79 bits per heavy atom. The number of amides is 1. The molecule has 154 valence electrons. The van der Waals surface area contributed by atoms with Crippen molar-refractivity contribution in [3.63, 3.8) is 0 Å². The molecule has 0 bridgehead atoms. The smallest absolute Gasteiger partial charge is 0.263 e. The first-order valence-electron chi connectivity index (χ1n) is 9.63. The summed E-state index contributed by atoms with van der Waals surface area (Å²) < 4.78 is 39.4. The quantitative estimate of drug-likeness (QED) is 0.615. The Morgan fingerprint density at radius 1 is 1.03 bits per heavy atom. The average molecular weight is 418 g/mol. The van der Waals surface area contributed by atoms with Gasteiger partial charge < -0.3 is 5.32 Å². The molecular formula is C21H24FN3O3S. The lowest BCUT2D eigenvalue weighted by Crippen LogP contribution is -2.25. The fraction of sp³-hybridized carbons (Fsp3) is 0.333. The van der Waals surface area contributed by atoms with Gasteiger partial charge >= 0.3 is 0 Å². The third-order valence-corrected chi connectivity index (χ3v) is 6.04. The van der Waals surface area contributed by atoms with Crippen molar-refractivity contribution in [2.75, 3.05) is 13.1 Å². The van der Waals surface area contributed by atoms with Crippen LogP contribution in [0.25, 0.3) is 0 Å². The number of benzene rings is 2. The lowest BCUT2D eigenvalue weighted by molar-refractivity contribution is -0.121. The highest BCUT2D eigenvalue weighted by molar-refractivity contribution is 7.90. The van der Waals surface area contributed by atoms with Crippen LogP contribution in [0.3, 0.4) is 0 Å². The van der Waals surface area contributed by atoms with Gasteiger partial charge in [-0.2, -0.15) is 0 Å². The summed E-state index contributed by atoms with van der Waals surface area (Å²) in [5.41, 5.74) is 1.59. The number of fused-ring (bicyclic) bond motifs is 1. The number of aliphatic imine (C=N–C) groups is 1. The largest absolute Gasteiger partial charge is 0.356 e. The van der Waals surface area contributed by atoms with Crippen molar-refractivity contribution >= 4 is 21.8 Å². The van der Waals surface area contributed by atoms with E-state index in [1.807, 2.05) is 0 Å². The number of rotatable bonds is 9. The summed E-state index contributed by atoms with van der Waals surface area (Å²) in [6.07, 6.45) is 3.46. The maximum absolute atomic E-state index is 12.8. The molecule has 2 aromatic carbocycles. The number of hydrogen-bond acceptors (Lipinski definition) is 4. The molecule has 0 saturated heterocycles. The van der Waals surface area contributed by atoms with Crippen LogP contribution in [0.1, 0.15) is 36.8 Å². The molecular weight excluding hydrogens is 393 g/mol. The van der Waals surface area contributed by atoms with Gasteiger partial charge in [-0.15, -0.1) is 0 Å². The highest BCUT2D eigenvalue weighted by atomic mass is 32.2. The van der Waals surface area contributed by atoms with Crippen molar-refractivity contribution in [3.05, 3.63) is 65.5 Å². The number of sulfonamides is 1. The van der Waals surface area contributed by atoms with Crippen LogP contribution in [-0.2, 0) is 21.2 Å². The van der Waals surface area contributed by atoms with Gasteiger partial charge in [-0.25, -0.2) is 12.8 Å². The van der Waals surface area contributed by atoms with Crippen LogP contribution in [0.5, 0.6) is 0 Å². The maximum atomic E-state index is 12.8. The van der Waals surface area contributed by atoms with E-state index in [1.54, 1.807) is 36.4 Å². The van der Waals surface area contributed by atoms with Gasteiger partial charge in [0.15, 0.2) is 0 Å². The monoisotopic (exact) mass is 417 g/mol. The van der Waals surface area contributed by atoms with Crippen LogP contribution in [0, 0.1) is 5.82 Å². The molecule has 2 aromatic rings. The number of carbonyl (C=O) groups excluding carboxylic acids is 1. The molecule has 1 heterocycles. The summed E-state index contributed by atoms with van der Waals surface area (Å²) in [6, 6.07) is 13.0. The lowest BCUT2D eigenvalue weighted by Gasteiger charge is -2.05. The van der Waals surface area contributed by atoms with Crippen LogP contribution >= 0.6 is 0 Å². The molecule has 0 aliphatic carbocycles. The molecule has 0 fully saturated rings. The van der Waals surface area contributed by atoms with E-state index >= 15 is 0 Å². The topological polar surface area (TPSA) is 87.6 Å². The zero-order valence-electron chi connectivity index (χ0n) is 16.0. The molecule has 6 nitrogen and oxygen atoms in total. The van der Waals surface area contributed by atoms with Gasteiger partial charge in [0.1, 0.15) is 11.7 Å². The first kappa shape index (κ1) is 21.0. The van der Waals surface area contributed by atoms with Crippen LogP contribution < -0.4 is 10.0 Å². The van der Waals surface area contributed by atoms with Crippen LogP contribution in [0.2, 0.25) is 0 Å². The molecule has 0 radical (unpaired) electrons. The SMILES string of the molecule is O=C(CCCCCN=C1NS(=O)(=O)c2ccccc21)NCCc1ccc(F)cc1. The standard InChI is InChI=1S/C21H24FN3O3S/c22-17-11-9-16(10-12-17)13-15-23-20(26)8-2-1-5-14-24-21-18-6-3-4-7-19(18)29(27,28)25-21/h3-4,6-7,9-12H,1-2,5,8,13-15H2,(H,23,26)(H,24,25). The zero-order valence-corrected chi connectivity index (χ0v) is 16.8. The Bertz CT molecular complexity index is 988. The fourth-order valence-electron chi connectivity index (χ4n) is 3.10. The van der Waals surface area contributed by atoms with E-state index in [4.69, 9.17) is 0 Å². The van der Waals surface area contributed by atoms with Crippen molar-refractivity contribution in [3.8, 4) is 0 Å². The number of halogens is 1. The van der Waals surface area contributed by atoms with Crippen molar-refractivity contribution in [2.24, 2.45) is 4.99 Å². The Hall–Kier alpha value is -2.74. The highest BCUT2D eigenvalue weighted by Gasteiger charge is 2.29. The van der Waals surface area contributed by atoms with Crippen LogP contribution in [-0.4, -0.2) is 33.3 Å². The zero-order chi connectivity index (χ0) is 20.7. The Kier molecular flexibility index (Phi) is 6.98. The van der Waals surface area contributed by atoms with Gasteiger partial charge in [0.25, 0.3) is 10.0 Å². The van der Waals surface area contributed by atoms with Gasteiger partial charge in [0.05, 0.1) is 4.90 Å². The molecule has 29 heavy (non-hydrogen) atoms. The number of amidine groups is 1. The summed E-state index contributed by atoms with van der Waals surface area (Å²) in [5, 5.41) is 2.86. The first-order chi connectivity index (χ1) is 14.0. The van der Waals surface area contributed by atoms with Gasteiger partial charge in [0.2, 0.25) is 5.91 Å². The predicted octanol–water partition coefficient (Wildman–Crippen LogP) is 2.78. The molecule has 0 unspecified atom stereocenters. The first-order valence-corrected chi connectivity index (χ1v) is 11.1. The van der Waals surface area contributed by atoms with E-state index in [0.717, 1.165) is 24.8 Å². The van der Waals surface area contributed by atoms with Gasteiger partial charge in [-0.1, -0.05) is 30.7 Å². The minimum atomic E-state index is -3.50. The molecule has 0 spiro atoms. The molecule has 0 saturated carbocycles. The predicted molar refractivity (Wildman–Crippen MR) is 110 cm³/mol. The van der Waals surface area contributed by atoms with Gasteiger partial charge in [-0.3, -0.25) is 14.5 Å². The van der Waals surface area contributed by atoms with Crippen molar-refractivity contribution in [1.82, 2.24) is 10.0 Å². The number of nitrogens with zero attached hydrogens (tertiary/aromatic N) is 1. The second-order valence-corrected chi connectivity index (χ2v) is 8.52. The molecule has 8 heteroatoms. The van der Waals surface area contributed by atoms with E-state index in [9.17, 15) is 17.6 Å². The second-order valence-electron chi connectivity index (χ2n) is 6.87. The van der Waals surface area contributed by atoms with E-state index in [-0.39, 0.29) is 16.6 Å². The summed E-state index contributed by atoms with van der Waals surface area (Å²) in [5.74, 6) is 0.118. The van der Waals surface area contributed by atoms with E-state index in [2.05, 4.69) is 15.0 Å². The molecule has 1 aliphatic rings. The number of carbonyl (C=O) groups is 1. The third kappa shape index (κ3) is 5.87. The Labute approximate surface area is 170 Å². The van der Waals surface area contributed by atoms with E-state index in [0.29, 0.717) is 37.3 Å². The van der Waals surface area contributed by atoms with E-state index < -0.39 is 10.0 Å². The number of nitrogens with one attached hydrogen (secondary N) is 2. The highest BCUT2D eigenvalue weighted by Crippen LogP contribution is 2.22. The average Bonchev–Trinajstić information content (AvgIpc) is 2.97. The fourth-order valence-corrected chi connectivity index (χ4v) is 4.35. The maximum Gasteiger partial charge on any atom is 0.263 e. The van der Waals surface area contributed by atoms with Crippen molar-refractivity contribution in [2.45, 2.75) is 37.0 Å². The van der Waals surface area contributed by atoms with Gasteiger partial charge in [0, 0.05) is 25.1 Å². The second kappa shape index (κ2) is 9.65. The molecule has 2 N–H and O–H groups in total. The van der Waals surface area contributed by atoms with E-state index in [1.165, 1.54) is 12.1 Å².